The number of rotatable bonds is 9. The van der Waals surface area contributed by atoms with Crippen LogP contribution in [0.25, 0.3) is 10.6 Å². The lowest BCUT2D eigenvalue weighted by atomic mass is 10.1. The number of carbonyl (C=O) groups is 1. The van der Waals surface area contributed by atoms with Crippen LogP contribution in [0.2, 0.25) is 0 Å². The highest BCUT2D eigenvalue weighted by Gasteiger charge is 2.06. The zero-order valence-electron chi connectivity index (χ0n) is 15.2. The SMILES string of the molecule is C=C/C=C(C)\C=C(/C)NCc1cnc(-c2ccc(CCC(=O)O)cc2)s1. The van der Waals surface area contributed by atoms with E-state index in [-0.39, 0.29) is 6.42 Å². The molecule has 0 aliphatic carbocycles. The van der Waals surface area contributed by atoms with E-state index >= 15 is 0 Å². The predicted octanol–water partition coefficient (Wildman–Crippen LogP) is 4.95. The van der Waals surface area contributed by atoms with Gasteiger partial charge in [0, 0.05) is 28.8 Å². The molecule has 2 rings (SSSR count). The molecule has 1 heterocycles. The summed E-state index contributed by atoms with van der Waals surface area (Å²) in [7, 11) is 0. The molecule has 0 bridgehead atoms. The minimum absolute atomic E-state index is 0.154. The van der Waals surface area contributed by atoms with E-state index < -0.39 is 5.97 Å². The third-order valence-electron chi connectivity index (χ3n) is 3.75. The van der Waals surface area contributed by atoms with Crippen LogP contribution >= 0.6 is 11.3 Å². The number of thiazole rings is 1. The Labute approximate surface area is 158 Å². The summed E-state index contributed by atoms with van der Waals surface area (Å²) in [5, 5.41) is 13.1. The summed E-state index contributed by atoms with van der Waals surface area (Å²) < 4.78 is 0. The molecule has 0 radical (unpaired) electrons. The molecule has 0 saturated carbocycles. The molecule has 1 aromatic carbocycles. The molecule has 0 fully saturated rings. The maximum absolute atomic E-state index is 10.6. The Balaban J connectivity index is 1.95. The largest absolute Gasteiger partial charge is 0.481 e. The van der Waals surface area contributed by atoms with Crippen LogP contribution in [-0.4, -0.2) is 16.1 Å². The minimum atomic E-state index is -0.773. The van der Waals surface area contributed by atoms with Crippen LogP contribution in [-0.2, 0) is 17.8 Å². The van der Waals surface area contributed by atoms with E-state index in [1.54, 1.807) is 17.4 Å². The summed E-state index contributed by atoms with van der Waals surface area (Å²) in [6.45, 7) is 8.51. The van der Waals surface area contributed by atoms with Crippen molar-refractivity contribution in [2.45, 2.75) is 33.2 Å². The topological polar surface area (TPSA) is 62.2 Å². The van der Waals surface area contributed by atoms with E-state index in [9.17, 15) is 4.79 Å². The highest BCUT2D eigenvalue weighted by atomic mass is 32.1. The van der Waals surface area contributed by atoms with Gasteiger partial charge < -0.3 is 10.4 Å². The standard InChI is InChI=1S/C21H24N2O2S/c1-4-5-15(2)12-16(3)22-13-19-14-23-21(26-19)18-9-6-17(7-10-18)8-11-20(24)25/h4-7,9-10,12,14,22H,1,8,11,13H2,2-3H3,(H,24,25)/b15-5-,16-12+. The van der Waals surface area contributed by atoms with Crippen LogP contribution in [0.5, 0.6) is 0 Å². The highest BCUT2D eigenvalue weighted by molar-refractivity contribution is 7.15. The Kier molecular flexibility index (Phi) is 7.36. The quantitative estimate of drug-likeness (QED) is 0.615. The molecule has 0 unspecified atom stereocenters. The molecule has 0 spiro atoms. The van der Waals surface area contributed by atoms with Gasteiger partial charge in [-0.1, -0.05) is 43.0 Å². The van der Waals surface area contributed by atoms with Gasteiger partial charge in [-0.05, 0) is 37.5 Å². The van der Waals surface area contributed by atoms with Gasteiger partial charge in [-0.25, -0.2) is 4.98 Å². The number of allylic oxidation sites excluding steroid dienone is 5. The number of nitrogens with zero attached hydrogens (tertiary/aromatic N) is 1. The smallest absolute Gasteiger partial charge is 0.303 e. The van der Waals surface area contributed by atoms with Crippen molar-refractivity contribution >= 4 is 17.3 Å². The molecule has 5 heteroatoms. The molecule has 136 valence electrons. The van der Waals surface area contributed by atoms with Crippen LogP contribution < -0.4 is 5.32 Å². The summed E-state index contributed by atoms with van der Waals surface area (Å²) in [5.74, 6) is -0.773. The highest BCUT2D eigenvalue weighted by Crippen LogP contribution is 2.25. The molecular formula is C21H24N2O2S. The van der Waals surface area contributed by atoms with Gasteiger partial charge in [-0.3, -0.25) is 4.79 Å². The van der Waals surface area contributed by atoms with Crippen LogP contribution in [0.4, 0.5) is 0 Å². The Hall–Kier alpha value is -2.66. The molecular weight excluding hydrogens is 344 g/mol. The molecule has 0 atom stereocenters. The van der Waals surface area contributed by atoms with Crippen molar-refractivity contribution in [2.24, 2.45) is 0 Å². The fourth-order valence-electron chi connectivity index (χ4n) is 2.44. The Morgan fingerprint density at radius 2 is 2.04 bits per heavy atom. The average molecular weight is 369 g/mol. The second kappa shape index (κ2) is 9.73. The van der Waals surface area contributed by atoms with E-state index in [4.69, 9.17) is 5.11 Å². The van der Waals surface area contributed by atoms with Gasteiger partial charge >= 0.3 is 5.97 Å². The molecule has 4 nitrogen and oxygen atoms in total. The molecule has 0 aliphatic rings. The molecule has 0 saturated heterocycles. The molecule has 26 heavy (non-hydrogen) atoms. The number of aliphatic carboxylic acids is 1. The fraction of sp³-hybridized carbons (Fsp3) is 0.238. The first-order valence-corrected chi connectivity index (χ1v) is 9.27. The van der Waals surface area contributed by atoms with E-state index in [1.807, 2.05) is 50.4 Å². The average Bonchev–Trinajstić information content (AvgIpc) is 3.08. The predicted molar refractivity (Wildman–Crippen MR) is 108 cm³/mol. The van der Waals surface area contributed by atoms with E-state index in [0.29, 0.717) is 6.42 Å². The van der Waals surface area contributed by atoms with Crippen molar-refractivity contribution in [3.63, 3.8) is 0 Å². The lowest BCUT2D eigenvalue weighted by molar-refractivity contribution is -0.136. The number of aryl methyl sites for hydroxylation is 1. The summed E-state index contributed by atoms with van der Waals surface area (Å²) in [5.41, 5.74) is 4.33. The second-order valence-electron chi connectivity index (χ2n) is 6.05. The van der Waals surface area contributed by atoms with Gasteiger partial charge in [-0.15, -0.1) is 11.3 Å². The Bertz CT molecular complexity index is 817. The molecule has 2 N–H and O–H groups in total. The van der Waals surface area contributed by atoms with Crippen LogP contribution in [0.15, 0.2) is 66.5 Å². The number of carboxylic acid groups (broad SMARTS) is 1. The molecule has 0 amide bonds. The summed E-state index contributed by atoms with van der Waals surface area (Å²) in [6.07, 6.45) is 8.43. The third-order valence-corrected chi connectivity index (χ3v) is 4.79. The number of carboxylic acids is 1. The van der Waals surface area contributed by atoms with E-state index in [2.05, 4.69) is 23.0 Å². The van der Waals surface area contributed by atoms with Gasteiger partial charge in [0.25, 0.3) is 0 Å². The Morgan fingerprint density at radius 3 is 2.69 bits per heavy atom. The van der Waals surface area contributed by atoms with Gasteiger partial charge in [0.15, 0.2) is 0 Å². The molecule has 2 aromatic rings. The molecule has 0 aliphatic heterocycles. The van der Waals surface area contributed by atoms with Crippen molar-refractivity contribution in [1.82, 2.24) is 10.3 Å². The normalized spacial score (nSPS) is 12.1. The van der Waals surface area contributed by atoms with Gasteiger partial charge in [0.1, 0.15) is 5.01 Å². The van der Waals surface area contributed by atoms with Gasteiger partial charge in [-0.2, -0.15) is 0 Å². The van der Waals surface area contributed by atoms with E-state index in [0.717, 1.165) is 38.8 Å². The van der Waals surface area contributed by atoms with Crippen LogP contribution in [0.3, 0.4) is 0 Å². The lowest BCUT2D eigenvalue weighted by Crippen LogP contribution is -2.09. The zero-order valence-corrected chi connectivity index (χ0v) is 16.0. The zero-order chi connectivity index (χ0) is 18.9. The first-order valence-electron chi connectivity index (χ1n) is 8.45. The summed E-state index contributed by atoms with van der Waals surface area (Å²) in [4.78, 5) is 16.3. The first-order chi connectivity index (χ1) is 12.5. The summed E-state index contributed by atoms with van der Waals surface area (Å²) >= 11 is 1.66. The number of benzene rings is 1. The fourth-order valence-corrected chi connectivity index (χ4v) is 3.30. The molecule has 1 aromatic heterocycles. The van der Waals surface area contributed by atoms with Crippen LogP contribution in [0, 0.1) is 0 Å². The van der Waals surface area contributed by atoms with Crippen molar-refractivity contribution in [2.75, 3.05) is 0 Å². The lowest BCUT2D eigenvalue weighted by Gasteiger charge is -2.04. The Morgan fingerprint density at radius 1 is 1.31 bits per heavy atom. The summed E-state index contributed by atoms with van der Waals surface area (Å²) in [6, 6.07) is 7.95. The number of aromatic nitrogens is 1. The van der Waals surface area contributed by atoms with Crippen molar-refractivity contribution in [3.05, 3.63) is 77.0 Å². The van der Waals surface area contributed by atoms with Crippen molar-refractivity contribution in [3.8, 4) is 10.6 Å². The monoisotopic (exact) mass is 368 g/mol. The number of hydrogen-bond acceptors (Lipinski definition) is 4. The maximum atomic E-state index is 10.6. The maximum Gasteiger partial charge on any atom is 0.303 e. The third kappa shape index (κ3) is 6.33. The number of hydrogen-bond donors (Lipinski definition) is 2. The minimum Gasteiger partial charge on any atom is -0.481 e. The van der Waals surface area contributed by atoms with Crippen molar-refractivity contribution < 1.29 is 9.90 Å². The van der Waals surface area contributed by atoms with Crippen LogP contribution in [0.1, 0.15) is 30.7 Å². The van der Waals surface area contributed by atoms with Crippen molar-refractivity contribution in [1.29, 1.82) is 0 Å². The second-order valence-corrected chi connectivity index (χ2v) is 7.16. The van der Waals surface area contributed by atoms with Gasteiger partial charge in [0.2, 0.25) is 0 Å². The van der Waals surface area contributed by atoms with Gasteiger partial charge in [0.05, 0.1) is 6.54 Å². The van der Waals surface area contributed by atoms with E-state index in [1.165, 1.54) is 0 Å². The number of nitrogens with one attached hydrogen (secondary N) is 1. The first kappa shape index (κ1) is 19.7.